The standard InChI is InChI=1S/C3H6Br2N4O4/c1-12-6-8(10)3(4,5)9(11)7-13-2/h1-2H3. The molecular weight excluding hydrogens is 316 g/mol. The molecule has 0 rings (SSSR count). The smallest absolute Gasteiger partial charge is 0.532 e. The lowest BCUT2D eigenvalue weighted by atomic mass is 11.2. The second-order valence-corrected chi connectivity index (χ2v) is 4.86. The summed E-state index contributed by atoms with van der Waals surface area (Å²) in [6.07, 6.45) is 0. The summed E-state index contributed by atoms with van der Waals surface area (Å²) < 4.78 is -1.88. The Labute approximate surface area is 90.1 Å². The van der Waals surface area contributed by atoms with Crippen molar-refractivity contribution in [3.8, 4) is 0 Å². The van der Waals surface area contributed by atoms with Crippen molar-refractivity contribution in [1.29, 1.82) is 0 Å². The summed E-state index contributed by atoms with van der Waals surface area (Å²) in [5.74, 6) is 0. The van der Waals surface area contributed by atoms with Crippen LogP contribution in [-0.2, 0) is 9.68 Å². The lowest BCUT2D eigenvalue weighted by Crippen LogP contribution is -2.34. The molecule has 0 aliphatic rings. The van der Waals surface area contributed by atoms with Crippen LogP contribution in [-0.4, -0.2) is 27.4 Å². The van der Waals surface area contributed by atoms with Crippen molar-refractivity contribution in [2.24, 2.45) is 10.6 Å². The molecule has 13 heavy (non-hydrogen) atoms. The summed E-state index contributed by atoms with van der Waals surface area (Å²) in [7, 11) is 2.31. The molecule has 0 aromatic carbocycles. The summed E-state index contributed by atoms with van der Waals surface area (Å²) >= 11 is 5.42. The Bertz CT molecular complexity index is 207. The molecule has 0 bridgehead atoms. The van der Waals surface area contributed by atoms with E-state index in [0.717, 1.165) is 14.2 Å². The number of rotatable bonds is 4. The number of hydrogen-bond donors (Lipinski definition) is 0. The summed E-state index contributed by atoms with van der Waals surface area (Å²) in [6, 6.07) is 0. The fourth-order valence-corrected chi connectivity index (χ4v) is 0.579. The number of hydrogen-bond acceptors (Lipinski definition) is 6. The minimum absolute atomic E-state index is 0.0808. The van der Waals surface area contributed by atoms with E-state index in [0.29, 0.717) is 0 Å². The Morgan fingerprint density at radius 3 is 1.62 bits per heavy atom. The zero-order valence-electron chi connectivity index (χ0n) is 6.68. The van der Waals surface area contributed by atoms with E-state index in [1.54, 1.807) is 0 Å². The lowest BCUT2D eigenvalue weighted by Gasteiger charge is -2.10. The zero-order valence-corrected chi connectivity index (χ0v) is 9.85. The molecule has 8 nitrogen and oxygen atoms in total. The van der Waals surface area contributed by atoms with Gasteiger partial charge >= 0.3 is 3.48 Å². The van der Waals surface area contributed by atoms with Crippen LogP contribution in [0.4, 0.5) is 0 Å². The molecular formula is C3H6Br2N4O4. The van der Waals surface area contributed by atoms with Crippen LogP contribution < -0.4 is 0 Å². The average molecular weight is 322 g/mol. The third kappa shape index (κ3) is 3.30. The van der Waals surface area contributed by atoms with Gasteiger partial charge in [0.25, 0.3) is 0 Å². The van der Waals surface area contributed by atoms with Crippen LogP contribution in [0.25, 0.3) is 0 Å². The summed E-state index contributed by atoms with van der Waals surface area (Å²) in [5, 5.41) is 27.8. The number of nitrogens with zero attached hydrogens (tertiary/aromatic N) is 4. The molecule has 0 aliphatic heterocycles. The van der Waals surface area contributed by atoms with Gasteiger partial charge in [0.1, 0.15) is 46.1 Å². The largest absolute Gasteiger partial charge is 0.590 e. The van der Waals surface area contributed by atoms with Gasteiger partial charge in [-0.3, -0.25) is 0 Å². The molecule has 76 valence electrons. The predicted molar refractivity (Wildman–Crippen MR) is 46.7 cm³/mol. The molecule has 10 heteroatoms. The Hall–Kier alpha value is -0.640. The molecule has 0 N–H and O–H groups in total. The highest BCUT2D eigenvalue weighted by Gasteiger charge is 2.47. The van der Waals surface area contributed by atoms with E-state index in [9.17, 15) is 10.4 Å². The Kier molecular flexibility index (Phi) is 4.91. The van der Waals surface area contributed by atoms with Gasteiger partial charge in [0.2, 0.25) is 10.6 Å². The molecule has 0 unspecified atom stereocenters. The maximum absolute atomic E-state index is 11.0. The minimum atomic E-state index is -1.88. The number of alkyl halides is 2. The van der Waals surface area contributed by atoms with Gasteiger partial charge in [0.15, 0.2) is 0 Å². The van der Waals surface area contributed by atoms with Gasteiger partial charge in [-0.25, -0.2) is 0 Å². The van der Waals surface area contributed by atoms with E-state index >= 15 is 0 Å². The van der Waals surface area contributed by atoms with Crippen molar-refractivity contribution >= 4 is 31.9 Å². The van der Waals surface area contributed by atoms with E-state index < -0.39 is 3.48 Å². The van der Waals surface area contributed by atoms with E-state index in [1.807, 2.05) is 0 Å². The minimum Gasteiger partial charge on any atom is -0.590 e. The summed E-state index contributed by atoms with van der Waals surface area (Å²) in [6.45, 7) is 0. The van der Waals surface area contributed by atoms with E-state index in [2.05, 4.69) is 52.1 Å². The third-order valence-electron chi connectivity index (χ3n) is 0.772. The topological polar surface area (TPSA) is 95.3 Å². The Morgan fingerprint density at radius 1 is 1.08 bits per heavy atom. The summed E-state index contributed by atoms with van der Waals surface area (Å²) in [4.78, 5) is 8.14. The molecule has 0 atom stereocenters. The highest BCUT2D eigenvalue weighted by atomic mass is 79.9. The van der Waals surface area contributed by atoms with Crippen molar-refractivity contribution in [1.82, 2.24) is 0 Å². The second-order valence-electron chi connectivity index (χ2n) is 1.58. The first-order valence-electron chi connectivity index (χ1n) is 2.77. The van der Waals surface area contributed by atoms with Crippen LogP contribution in [0, 0.1) is 10.4 Å². The van der Waals surface area contributed by atoms with Crippen molar-refractivity contribution in [3.05, 3.63) is 10.4 Å². The van der Waals surface area contributed by atoms with Crippen LogP contribution in [0.2, 0.25) is 0 Å². The molecule has 0 fully saturated rings. The van der Waals surface area contributed by atoms with Crippen molar-refractivity contribution in [2.45, 2.75) is 3.48 Å². The Morgan fingerprint density at radius 2 is 1.38 bits per heavy atom. The zero-order chi connectivity index (χ0) is 10.5. The summed E-state index contributed by atoms with van der Waals surface area (Å²) in [5.41, 5.74) is 0. The quantitative estimate of drug-likeness (QED) is 0.195. The first kappa shape index (κ1) is 12.4. The molecule has 0 radical (unpaired) electrons. The van der Waals surface area contributed by atoms with Gasteiger partial charge in [-0.2, -0.15) is 0 Å². The predicted octanol–water partition coefficient (Wildman–Crippen LogP) is 1.44. The van der Waals surface area contributed by atoms with Crippen molar-refractivity contribution in [2.75, 3.05) is 14.2 Å². The third-order valence-corrected chi connectivity index (χ3v) is 1.99. The molecule has 0 aliphatic carbocycles. The molecule has 0 saturated heterocycles. The molecule has 0 spiro atoms. The first-order chi connectivity index (χ1) is 5.96. The van der Waals surface area contributed by atoms with Gasteiger partial charge in [-0.05, 0) is 0 Å². The molecule has 0 saturated carbocycles. The van der Waals surface area contributed by atoms with Crippen LogP contribution >= 0.6 is 31.9 Å². The molecule has 0 heterocycles. The molecule has 0 aromatic rings. The van der Waals surface area contributed by atoms with Gasteiger partial charge in [-0.1, -0.05) is 0 Å². The van der Waals surface area contributed by atoms with E-state index in [-0.39, 0.29) is 9.72 Å². The van der Waals surface area contributed by atoms with Crippen LogP contribution in [0.3, 0.4) is 0 Å². The van der Waals surface area contributed by atoms with Crippen LogP contribution in [0.1, 0.15) is 0 Å². The van der Waals surface area contributed by atoms with Crippen molar-refractivity contribution < 1.29 is 19.4 Å². The van der Waals surface area contributed by atoms with E-state index in [4.69, 9.17) is 0 Å². The normalized spacial score (nSPS) is 14.2. The fourth-order valence-electron chi connectivity index (χ4n) is 0.320. The van der Waals surface area contributed by atoms with Gasteiger partial charge < -0.3 is 20.1 Å². The average Bonchev–Trinajstić information content (AvgIpc) is 2.05. The second kappa shape index (κ2) is 5.17. The van der Waals surface area contributed by atoms with Crippen molar-refractivity contribution in [3.63, 3.8) is 0 Å². The van der Waals surface area contributed by atoms with E-state index in [1.165, 1.54) is 0 Å². The highest BCUT2D eigenvalue weighted by Crippen LogP contribution is 2.28. The number of halogens is 2. The highest BCUT2D eigenvalue weighted by molar-refractivity contribution is 9.25. The van der Waals surface area contributed by atoms with Gasteiger partial charge in [0.05, 0.1) is 0 Å². The van der Waals surface area contributed by atoms with Crippen LogP contribution in [0.15, 0.2) is 10.6 Å². The van der Waals surface area contributed by atoms with Gasteiger partial charge in [-0.15, -0.1) is 0 Å². The fraction of sp³-hybridized carbons (Fsp3) is 1.00. The Balaban J connectivity index is 4.74. The lowest BCUT2D eigenvalue weighted by molar-refractivity contribution is -0.779. The SMILES string of the molecule is CON=[N+]([O-])C(Br)(Br)[N+]([O-])=NOC. The monoisotopic (exact) mass is 320 g/mol. The molecule has 0 amide bonds. The van der Waals surface area contributed by atoms with Crippen LogP contribution in [0.5, 0.6) is 0 Å². The maximum atomic E-state index is 11.0. The maximum Gasteiger partial charge on any atom is 0.532 e. The van der Waals surface area contributed by atoms with Gasteiger partial charge in [0, 0.05) is 9.72 Å². The molecule has 0 aromatic heterocycles. The first-order valence-corrected chi connectivity index (χ1v) is 4.36. The number of hydroxylamine groups is 2.